The summed E-state index contributed by atoms with van der Waals surface area (Å²) in [5.74, 6) is 0.321. The van der Waals surface area contributed by atoms with Crippen LogP contribution in [0.3, 0.4) is 0 Å². The minimum absolute atomic E-state index is 0.0977. The summed E-state index contributed by atoms with van der Waals surface area (Å²) in [6.45, 7) is 1.94. The first-order chi connectivity index (χ1) is 14.6. The van der Waals surface area contributed by atoms with Crippen LogP contribution < -0.4 is 10.6 Å². The third-order valence-corrected chi connectivity index (χ3v) is 6.24. The largest absolute Gasteiger partial charge is 0.378 e. The molecule has 0 bridgehead atoms. The molecule has 2 aliphatic rings. The van der Waals surface area contributed by atoms with Crippen molar-refractivity contribution >= 4 is 17.3 Å². The molecule has 2 N–H and O–H groups in total. The summed E-state index contributed by atoms with van der Waals surface area (Å²) in [7, 11) is 0. The molecule has 150 valence electrons. The normalized spacial score (nSPS) is 21.5. The van der Waals surface area contributed by atoms with E-state index in [2.05, 4.69) is 28.9 Å². The number of nitrogens with one attached hydrogen (secondary N) is 2. The number of hydrogen-bond acceptors (Lipinski definition) is 2. The molecule has 3 unspecified atom stereocenters. The van der Waals surface area contributed by atoms with Crippen LogP contribution in [0.25, 0.3) is 0 Å². The lowest BCUT2D eigenvalue weighted by Crippen LogP contribution is -2.29. The molecule has 0 aromatic heterocycles. The third kappa shape index (κ3) is 3.28. The lowest BCUT2D eigenvalue weighted by molar-refractivity contribution is 0.102. The van der Waals surface area contributed by atoms with Crippen LogP contribution in [-0.2, 0) is 0 Å². The SMILES string of the molecule is Cc1ccccc1C(=O)Nc1ccc2c(c1)C1C=CCC1C(c1ccc(F)cc1)N2. The lowest BCUT2D eigenvalue weighted by atomic mass is 9.77. The highest BCUT2D eigenvalue weighted by molar-refractivity contribution is 6.05. The van der Waals surface area contributed by atoms with Gasteiger partial charge in [-0.05, 0) is 72.4 Å². The fourth-order valence-corrected chi connectivity index (χ4v) is 4.70. The van der Waals surface area contributed by atoms with Crippen LogP contribution in [0, 0.1) is 18.7 Å². The highest BCUT2D eigenvalue weighted by Gasteiger charge is 2.38. The van der Waals surface area contributed by atoms with Crippen molar-refractivity contribution in [3.63, 3.8) is 0 Å². The Morgan fingerprint density at radius 1 is 1.07 bits per heavy atom. The average Bonchev–Trinajstić information content (AvgIpc) is 3.24. The van der Waals surface area contributed by atoms with E-state index in [1.165, 1.54) is 17.7 Å². The van der Waals surface area contributed by atoms with Crippen molar-refractivity contribution in [2.45, 2.75) is 25.3 Å². The fourth-order valence-electron chi connectivity index (χ4n) is 4.70. The molecule has 3 aromatic carbocycles. The first-order valence-electron chi connectivity index (χ1n) is 10.3. The van der Waals surface area contributed by atoms with Gasteiger partial charge < -0.3 is 10.6 Å². The van der Waals surface area contributed by atoms with E-state index in [-0.39, 0.29) is 23.7 Å². The zero-order valence-electron chi connectivity index (χ0n) is 16.7. The minimum Gasteiger partial charge on any atom is -0.378 e. The van der Waals surface area contributed by atoms with Crippen LogP contribution in [-0.4, -0.2) is 5.91 Å². The second-order valence-corrected chi connectivity index (χ2v) is 8.10. The summed E-state index contributed by atoms with van der Waals surface area (Å²) in [6.07, 6.45) is 5.45. The Morgan fingerprint density at radius 3 is 2.67 bits per heavy atom. The standard InChI is InChI=1S/C26H23FN2O/c1-16-5-2-3-6-20(16)26(30)28-19-13-14-24-23(15-19)21-7-4-8-22(21)25(29-24)17-9-11-18(27)12-10-17/h2-7,9-15,21-22,25,29H,8H2,1H3,(H,28,30). The van der Waals surface area contributed by atoms with Crippen LogP contribution >= 0.6 is 0 Å². The maximum absolute atomic E-state index is 13.4. The van der Waals surface area contributed by atoms with Crippen molar-refractivity contribution in [2.75, 3.05) is 10.6 Å². The number of halogens is 1. The second-order valence-electron chi connectivity index (χ2n) is 8.10. The van der Waals surface area contributed by atoms with Gasteiger partial charge in [-0.25, -0.2) is 4.39 Å². The third-order valence-electron chi connectivity index (χ3n) is 6.24. The molecular weight excluding hydrogens is 375 g/mol. The van der Waals surface area contributed by atoms with Crippen molar-refractivity contribution in [1.82, 2.24) is 0 Å². The molecule has 3 aromatic rings. The van der Waals surface area contributed by atoms with Gasteiger partial charge in [0.15, 0.2) is 0 Å². The van der Waals surface area contributed by atoms with Gasteiger partial charge in [0.25, 0.3) is 5.91 Å². The van der Waals surface area contributed by atoms with Crippen molar-refractivity contribution in [3.8, 4) is 0 Å². The average molecular weight is 398 g/mol. The molecule has 3 nitrogen and oxygen atoms in total. The molecule has 0 fully saturated rings. The topological polar surface area (TPSA) is 41.1 Å². The molecular formula is C26H23FN2O. The number of rotatable bonds is 3. The first kappa shape index (κ1) is 18.6. The van der Waals surface area contributed by atoms with Crippen molar-refractivity contribution in [2.24, 2.45) is 5.92 Å². The molecule has 5 rings (SSSR count). The van der Waals surface area contributed by atoms with Gasteiger partial charge in [0.1, 0.15) is 5.82 Å². The number of amides is 1. The van der Waals surface area contributed by atoms with Crippen molar-refractivity contribution in [3.05, 3.63) is 107 Å². The van der Waals surface area contributed by atoms with E-state index < -0.39 is 0 Å². The number of aryl methyl sites for hydroxylation is 1. The van der Waals surface area contributed by atoms with Crippen LogP contribution in [0.2, 0.25) is 0 Å². The highest BCUT2D eigenvalue weighted by Crippen LogP contribution is 2.50. The summed E-state index contributed by atoms with van der Waals surface area (Å²) in [4.78, 5) is 12.7. The molecule has 3 atom stereocenters. The predicted octanol–water partition coefficient (Wildman–Crippen LogP) is 6.21. The summed E-state index contributed by atoms with van der Waals surface area (Å²) >= 11 is 0. The maximum atomic E-state index is 13.4. The Morgan fingerprint density at radius 2 is 1.87 bits per heavy atom. The number of fused-ring (bicyclic) bond motifs is 3. The van der Waals surface area contributed by atoms with Gasteiger partial charge in [-0.3, -0.25) is 4.79 Å². The van der Waals surface area contributed by atoms with Gasteiger partial charge in [0.2, 0.25) is 0 Å². The summed E-state index contributed by atoms with van der Waals surface area (Å²) in [6, 6.07) is 20.5. The van der Waals surface area contributed by atoms with Crippen molar-refractivity contribution in [1.29, 1.82) is 0 Å². The Hall–Kier alpha value is -3.40. The van der Waals surface area contributed by atoms with Crippen LogP contribution in [0.4, 0.5) is 15.8 Å². The molecule has 0 radical (unpaired) electrons. The molecule has 1 heterocycles. The van der Waals surface area contributed by atoms with Gasteiger partial charge >= 0.3 is 0 Å². The summed E-state index contributed by atoms with van der Waals surface area (Å²) in [5, 5.41) is 6.70. The van der Waals surface area contributed by atoms with Crippen LogP contribution in [0.1, 0.15) is 45.4 Å². The zero-order chi connectivity index (χ0) is 20.7. The molecule has 0 saturated heterocycles. The Balaban J connectivity index is 1.44. The molecule has 30 heavy (non-hydrogen) atoms. The van der Waals surface area contributed by atoms with E-state index in [9.17, 15) is 9.18 Å². The van der Waals surface area contributed by atoms with Crippen molar-refractivity contribution < 1.29 is 9.18 Å². The van der Waals surface area contributed by atoms with E-state index in [4.69, 9.17) is 0 Å². The number of benzene rings is 3. The molecule has 1 aliphatic carbocycles. The highest BCUT2D eigenvalue weighted by atomic mass is 19.1. The Bertz CT molecular complexity index is 1140. The van der Waals surface area contributed by atoms with E-state index in [0.29, 0.717) is 11.5 Å². The van der Waals surface area contributed by atoms with Gasteiger partial charge in [-0.15, -0.1) is 0 Å². The molecule has 0 spiro atoms. The molecule has 4 heteroatoms. The summed E-state index contributed by atoms with van der Waals surface area (Å²) in [5.41, 5.74) is 5.78. The van der Waals surface area contributed by atoms with Gasteiger partial charge in [0, 0.05) is 22.9 Å². The molecule has 1 aliphatic heterocycles. The number of allylic oxidation sites excluding steroid dienone is 2. The predicted molar refractivity (Wildman–Crippen MR) is 118 cm³/mol. The van der Waals surface area contributed by atoms with E-state index in [1.54, 1.807) is 0 Å². The van der Waals surface area contributed by atoms with Crippen LogP contribution in [0.15, 0.2) is 78.9 Å². The minimum atomic E-state index is -0.218. The number of anilines is 2. The number of carbonyl (C=O) groups excluding carboxylic acids is 1. The van der Waals surface area contributed by atoms with Gasteiger partial charge in [0.05, 0.1) is 6.04 Å². The van der Waals surface area contributed by atoms with Gasteiger partial charge in [-0.1, -0.05) is 42.5 Å². The first-order valence-corrected chi connectivity index (χ1v) is 10.3. The second kappa shape index (κ2) is 7.45. The van der Waals surface area contributed by atoms with E-state index in [1.807, 2.05) is 55.5 Å². The summed E-state index contributed by atoms with van der Waals surface area (Å²) < 4.78 is 13.4. The van der Waals surface area contributed by atoms with E-state index in [0.717, 1.165) is 28.9 Å². The fraction of sp³-hybridized carbons (Fsp3) is 0.192. The Kier molecular flexibility index (Phi) is 4.62. The Labute approximate surface area is 175 Å². The molecule has 1 amide bonds. The zero-order valence-corrected chi connectivity index (χ0v) is 16.7. The monoisotopic (exact) mass is 398 g/mol. The van der Waals surface area contributed by atoms with Gasteiger partial charge in [-0.2, -0.15) is 0 Å². The number of hydrogen-bond donors (Lipinski definition) is 2. The maximum Gasteiger partial charge on any atom is 0.255 e. The van der Waals surface area contributed by atoms with E-state index >= 15 is 0 Å². The smallest absolute Gasteiger partial charge is 0.255 e. The number of carbonyl (C=O) groups is 1. The molecule has 0 saturated carbocycles. The van der Waals surface area contributed by atoms with Crippen LogP contribution in [0.5, 0.6) is 0 Å². The quantitative estimate of drug-likeness (QED) is 0.515. The lowest BCUT2D eigenvalue weighted by Gasteiger charge is -2.37.